The van der Waals surface area contributed by atoms with E-state index in [2.05, 4.69) is 15.6 Å². The van der Waals surface area contributed by atoms with Crippen molar-refractivity contribution in [1.29, 1.82) is 0 Å². The molecule has 0 saturated carbocycles. The SMILES string of the molecule is COC(C)c1cccc(NC(=O)NC(C)(C)c2nc(C)c(C)s2)c1. The van der Waals surface area contributed by atoms with Crippen LogP contribution in [0.1, 0.15) is 48.0 Å². The second-order valence-electron chi connectivity index (χ2n) is 6.37. The summed E-state index contributed by atoms with van der Waals surface area (Å²) in [6.45, 7) is 9.89. The number of amides is 2. The molecule has 1 aromatic heterocycles. The second-order valence-corrected chi connectivity index (χ2v) is 7.57. The van der Waals surface area contributed by atoms with E-state index in [1.165, 1.54) is 4.88 Å². The van der Waals surface area contributed by atoms with Crippen molar-refractivity contribution in [2.24, 2.45) is 0 Å². The topological polar surface area (TPSA) is 63.2 Å². The predicted molar refractivity (Wildman–Crippen MR) is 98.6 cm³/mol. The third kappa shape index (κ3) is 4.33. The average molecular weight is 347 g/mol. The Kier molecular flexibility index (Phi) is 5.62. The molecule has 0 saturated heterocycles. The van der Waals surface area contributed by atoms with Crippen molar-refractivity contribution < 1.29 is 9.53 Å². The number of benzene rings is 1. The molecule has 24 heavy (non-hydrogen) atoms. The monoisotopic (exact) mass is 347 g/mol. The molecule has 1 heterocycles. The fourth-order valence-corrected chi connectivity index (χ4v) is 3.22. The van der Waals surface area contributed by atoms with Gasteiger partial charge in [0.05, 0.1) is 17.3 Å². The van der Waals surface area contributed by atoms with Gasteiger partial charge in [0.15, 0.2) is 0 Å². The van der Waals surface area contributed by atoms with E-state index < -0.39 is 5.54 Å². The number of urea groups is 1. The van der Waals surface area contributed by atoms with Crippen molar-refractivity contribution >= 4 is 23.1 Å². The van der Waals surface area contributed by atoms with Crippen molar-refractivity contribution in [2.75, 3.05) is 12.4 Å². The summed E-state index contributed by atoms with van der Waals surface area (Å²) in [5.41, 5.74) is 2.22. The van der Waals surface area contributed by atoms with Gasteiger partial charge in [-0.15, -0.1) is 11.3 Å². The van der Waals surface area contributed by atoms with Gasteiger partial charge in [-0.3, -0.25) is 0 Å². The number of aromatic nitrogens is 1. The summed E-state index contributed by atoms with van der Waals surface area (Å²) in [4.78, 5) is 18.1. The number of rotatable bonds is 5. The first-order chi connectivity index (χ1) is 11.2. The molecule has 2 N–H and O–H groups in total. The van der Waals surface area contributed by atoms with Gasteiger partial charge in [0, 0.05) is 17.7 Å². The van der Waals surface area contributed by atoms with Gasteiger partial charge in [-0.1, -0.05) is 12.1 Å². The van der Waals surface area contributed by atoms with Crippen LogP contribution in [-0.2, 0) is 10.3 Å². The molecule has 130 valence electrons. The zero-order chi connectivity index (χ0) is 17.9. The van der Waals surface area contributed by atoms with E-state index in [-0.39, 0.29) is 12.1 Å². The van der Waals surface area contributed by atoms with Crippen LogP contribution in [0.2, 0.25) is 0 Å². The van der Waals surface area contributed by atoms with E-state index in [0.717, 1.165) is 22.0 Å². The van der Waals surface area contributed by atoms with Gasteiger partial charge in [0.1, 0.15) is 5.01 Å². The predicted octanol–water partition coefficient (Wildman–Crippen LogP) is 4.52. The molecule has 0 bridgehead atoms. The molecule has 0 aliphatic rings. The summed E-state index contributed by atoms with van der Waals surface area (Å²) in [5, 5.41) is 6.77. The highest BCUT2D eigenvalue weighted by Crippen LogP contribution is 2.27. The molecule has 0 fully saturated rings. The maximum absolute atomic E-state index is 12.4. The van der Waals surface area contributed by atoms with E-state index in [0.29, 0.717) is 0 Å². The summed E-state index contributed by atoms with van der Waals surface area (Å²) in [7, 11) is 1.66. The molecular formula is C18H25N3O2S. The van der Waals surface area contributed by atoms with Gasteiger partial charge >= 0.3 is 6.03 Å². The standard InChI is InChI=1S/C18H25N3O2S/c1-11-13(3)24-16(19-11)18(4,5)21-17(22)20-15-9-7-8-14(10-15)12(2)23-6/h7-10,12H,1-6H3,(H2,20,21,22). The molecule has 2 rings (SSSR count). The minimum Gasteiger partial charge on any atom is -0.377 e. The fourth-order valence-electron chi connectivity index (χ4n) is 2.25. The molecular weight excluding hydrogens is 322 g/mol. The average Bonchev–Trinajstić information content (AvgIpc) is 2.86. The Balaban J connectivity index is 2.07. The Bertz CT molecular complexity index is 705. The highest BCUT2D eigenvalue weighted by Gasteiger charge is 2.27. The van der Waals surface area contributed by atoms with Crippen LogP contribution in [-0.4, -0.2) is 18.1 Å². The number of nitrogens with zero attached hydrogens (tertiary/aromatic N) is 1. The van der Waals surface area contributed by atoms with E-state index in [1.54, 1.807) is 18.4 Å². The minimum atomic E-state index is -0.537. The molecule has 1 atom stereocenters. The second kappa shape index (κ2) is 7.32. The molecule has 2 aromatic rings. The summed E-state index contributed by atoms with van der Waals surface area (Å²) >= 11 is 1.61. The molecule has 5 nitrogen and oxygen atoms in total. The number of hydrogen-bond donors (Lipinski definition) is 2. The normalized spacial score (nSPS) is 12.8. The highest BCUT2D eigenvalue weighted by molar-refractivity contribution is 7.11. The molecule has 1 unspecified atom stereocenters. The minimum absolute atomic E-state index is 0.0208. The molecule has 0 spiro atoms. The van der Waals surface area contributed by atoms with E-state index in [1.807, 2.05) is 58.9 Å². The van der Waals surface area contributed by atoms with Crippen molar-refractivity contribution in [1.82, 2.24) is 10.3 Å². The third-order valence-electron chi connectivity index (χ3n) is 3.96. The lowest BCUT2D eigenvalue weighted by molar-refractivity contribution is 0.119. The zero-order valence-electron chi connectivity index (χ0n) is 15.1. The summed E-state index contributed by atoms with van der Waals surface area (Å²) in [5.74, 6) is 0. The first-order valence-electron chi connectivity index (χ1n) is 7.89. The zero-order valence-corrected chi connectivity index (χ0v) is 15.9. The number of methoxy groups -OCH3 is 1. The summed E-state index contributed by atoms with van der Waals surface area (Å²) in [6.07, 6.45) is -0.0208. The summed E-state index contributed by atoms with van der Waals surface area (Å²) < 4.78 is 5.31. The lowest BCUT2D eigenvalue weighted by Crippen LogP contribution is -2.43. The summed E-state index contributed by atoms with van der Waals surface area (Å²) in [6, 6.07) is 7.39. The number of thiazole rings is 1. The van der Waals surface area contributed by atoms with Crippen molar-refractivity contribution in [3.8, 4) is 0 Å². The highest BCUT2D eigenvalue weighted by atomic mass is 32.1. The van der Waals surface area contributed by atoms with Gasteiger partial charge in [-0.05, 0) is 52.3 Å². The fraction of sp³-hybridized carbons (Fsp3) is 0.444. The number of carbonyl (C=O) groups excluding carboxylic acids is 1. The largest absolute Gasteiger partial charge is 0.377 e. The molecule has 0 radical (unpaired) electrons. The smallest absolute Gasteiger partial charge is 0.319 e. The Morgan fingerprint density at radius 3 is 2.62 bits per heavy atom. The van der Waals surface area contributed by atoms with Gasteiger partial charge < -0.3 is 15.4 Å². The van der Waals surface area contributed by atoms with E-state index in [4.69, 9.17) is 4.74 Å². The maximum atomic E-state index is 12.4. The first kappa shape index (κ1) is 18.4. The molecule has 0 aliphatic carbocycles. The van der Waals surface area contributed by atoms with Gasteiger partial charge in [0.2, 0.25) is 0 Å². The molecule has 1 aromatic carbocycles. The first-order valence-corrected chi connectivity index (χ1v) is 8.71. The van der Waals surface area contributed by atoms with Crippen molar-refractivity contribution in [3.05, 3.63) is 45.4 Å². The maximum Gasteiger partial charge on any atom is 0.319 e. The van der Waals surface area contributed by atoms with Crippen LogP contribution in [0.3, 0.4) is 0 Å². The van der Waals surface area contributed by atoms with Crippen LogP contribution in [0.25, 0.3) is 0 Å². The van der Waals surface area contributed by atoms with Crippen LogP contribution in [0.5, 0.6) is 0 Å². The van der Waals surface area contributed by atoms with Crippen molar-refractivity contribution in [2.45, 2.75) is 46.3 Å². The van der Waals surface area contributed by atoms with E-state index >= 15 is 0 Å². The van der Waals surface area contributed by atoms with Crippen molar-refractivity contribution in [3.63, 3.8) is 0 Å². The number of nitrogens with one attached hydrogen (secondary N) is 2. The molecule has 2 amide bonds. The van der Waals surface area contributed by atoms with Gasteiger partial charge in [0.25, 0.3) is 0 Å². The van der Waals surface area contributed by atoms with Gasteiger partial charge in [-0.25, -0.2) is 9.78 Å². The number of hydrogen-bond acceptors (Lipinski definition) is 4. The quantitative estimate of drug-likeness (QED) is 0.835. The van der Waals surface area contributed by atoms with Crippen LogP contribution in [0.15, 0.2) is 24.3 Å². The van der Waals surface area contributed by atoms with Crippen LogP contribution in [0, 0.1) is 13.8 Å². The third-order valence-corrected chi connectivity index (χ3v) is 5.35. The lowest BCUT2D eigenvalue weighted by atomic mass is 10.1. The van der Waals surface area contributed by atoms with Gasteiger partial charge in [-0.2, -0.15) is 0 Å². The van der Waals surface area contributed by atoms with Crippen LogP contribution >= 0.6 is 11.3 Å². The number of aryl methyl sites for hydroxylation is 2. The van der Waals surface area contributed by atoms with E-state index in [9.17, 15) is 4.79 Å². The number of carbonyl (C=O) groups is 1. The molecule has 6 heteroatoms. The van der Waals surface area contributed by atoms with Crippen LogP contribution < -0.4 is 10.6 Å². The Morgan fingerprint density at radius 2 is 2.04 bits per heavy atom. The Hall–Kier alpha value is -1.92. The molecule has 0 aliphatic heterocycles. The number of anilines is 1. The Labute approximate surface area is 147 Å². The van der Waals surface area contributed by atoms with Crippen LogP contribution in [0.4, 0.5) is 10.5 Å². The Morgan fingerprint density at radius 1 is 1.33 bits per heavy atom. The lowest BCUT2D eigenvalue weighted by Gasteiger charge is -2.24. The number of ether oxygens (including phenoxy) is 1.